The molecule has 2 heterocycles. The molecule has 3 N–H and O–H groups in total. The van der Waals surface area contributed by atoms with Crippen molar-refractivity contribution in [3.63, 3.8) is 0 Å². The molecule has 1 aliphatic heterocycles. The van der Waals surface area contributed by atoms with Crippen LogP contribution in [0.4, 0.5) is 5.82 Å². The monoisotopic (exact) mass is 391 g/mol. The first kappa shape index (κ1) is 19.1. The number of phenolic OH excluding ortho intramolecular Hbond substituents is 1. The minimum Gasteiger partial charge on any atom is -0.507 e. The molecule has 1 aromatic heterocycles. The molecule has 7 heteroatoms. The normalized spacial score (nSPS) is 18.7. The summed E-state index contributed by atoms with van der Waals surface area (Å²) in [7, 11) is 3.53. The molecule has 1 saturated heterocycles. The van der Waals surface area contributed by atoms with Crippen LogP contribution in [0.1, 0.15) is 12.0 Å². The van der Waals surface area contributed by atoms with Gasteiger partial charge in [-0.1, -0.05) is 23.8 Å². The van der Waals surface area contributed by atoms with Crippen LogP contribution in [0.3, 0.4) is 0 Å². The Labute approximate surface area is 169 Å². The number of amides is 1. The van der Waals surface area contributed by atoms with Crippen molar-refractivity contribution in [3.05, 3.63) is 48.0 Å². The number of rotatable bonds is 4. The second-order valence-corrected chi connectivity index (χ2v) is 7.70. The molecule has 1 aliphatic rings. The number of anilines is 1. The molecule has 4 rings (SSSR count). The fourth-order valence-corrected chi connectivity index (χ4v) is 3.67. The van der Waals surface area contributed by atoms with E-state index in [2.05, 4.69) is 15.6 Å². The van der Waals surface area contributed by atoms with Gasteiger partial charge in [0.05, 0.1) is 17.1 Å². The molecule has 0 bridgehead atoms. The van der Waals surface area contributed by atoms with Gasteiger partial charge in [0.1, 0.15) is 11.6 Å². The van der Waals surface area contributed by atoms with Crippen molar-refractivity contribution in [2.75, 3.05) is 26.0 Å². The molecule has 0 saturated carbocycles. The predicted octanol–water partition coefficient (Wildman–Crippen LogP) is 2.54. The van der Waals surface area contributed by atoms with E-state index in [4.69, 9.17) is 4.98 Å². The third-order valence-electron chi connectivity index (χ3n) is 5.21. The molecule has 0 aliphatic carbocycles. The zero-order valence-corrected chi connectivity index (χ0v) is 16.8. The molecule has 1 fully saturated rings. The summed E-state index contributed by atoms with van der Waals surface area (Å²) in [6, 6.07) is 13.1. The quantitative estimate of drug-likeness (QED) is 0.633. The highest BCUT2D eigenvalue weighted by Crippen LogP contribution is 2.31. The summed E-state index contributed by atoms with van der Waals surface area (Å²) in [5.41, 5.74) is 2.42. The van der Waals surface area contributed by atoms with Crippen LogP contribution >= 0.6 is 0 Å². The number of nitrogens with one attached hydrogen (secondary N) is 2. The highest BCUT2D eigenvalue weighted by atomic mass is 16.3. The molecule has 7 nitrogen and oxygen atoms in total. The highest BCUT2D eigenvalue weighted by Gasteiger charge is 2.30. The first-order chi connectivity index (χ1) is 13.9. The summed E-state index contributed by atoms with van der Waals surface area (Å²) >= 11 is 0. The lowest BCUT2D eigenvalue weighted by Crippen LogP contribution is -2.39. The number of carbonyl (C=O) groups is 1. The first-order valence-electron chi connectivity index (χ1n) is 9.70. The van der Waals surface area contributed by atoms with Gasteiger partial charge in [-0.15, -0.1) is 0 Å². The standard InChI is InChI=1S/C22H25N5O2/c1-13-8-9-19(28)16(10-13)21-25-17-7-5-4-6-15(17)20(26-21)24-14-11-18(23-12-14)22(29)27(2)3/h4-10,14,18,23,28H,11-12H2,1-3H3,(H,24,25,26)/t14-,18+/m0/s1. The van der Waals surface area contributed by atoms with E-state index in [9.17, 15) is 9.90 Å². The Morgan fingerprint density at radius 3 is 2.79 bits per heavy atom. The van der Waals surface area contributed by atoms with Crippen LogP contribution in [-0.2, 0) is 4.79 Å². The van der Waals surface area contributed by atoms with E-state index in [0.717, 1.165) is 16.5 Å². The number of hydrogen-bond donors (Lipinski definition) is 3. The Morgan fingerprint density at radius 1 is 1.21 bits per heavy atom. The van der Waals surface area contributed by atoms with Crippen molar-refractivity contribution in [1.82, 2.24) is 20.2 Å². The van der Waals surface area contributed by atoms with Crippen LogP contribution in [0.2, 0.25) is 0 Å². The lowest BCUT2D eigenvalue weighted by atomic mass is 10.1. The Hall–Kier alpha value is -3.19. The molecule has 2 aromatic carbocycles. The van der Waals surface area contributed by atoms with Gasteiger partial charge in [-0.3, -0.25) is 4.79 Å². The van der Waals surface area contributed by atoms with Crippen LogP contribution in [0.25, 0.3) is 22.3 Å². The van der Waals surface area contributed by atoms with Gasteiger partial charge in [0.25, 0.3) is 0 Å². The van der Waals surface area contributed by atoms with Gasteiger partial charge >= 0.3 is 0 Å². The van der Waals surface area contributed by atoms with E-state index in [1.54, 1.807) is 25.1 Å². The Bertz CT molecular complexity index is 1070. The molecule has 0 spiro atoms. The van der Waals surface area contributed by atoms with Crippen LogP contribution in [0, 0.1) is 6.92 Å². The first-order valence-corrected chi connectivity index (χ1v) is 9.70. The molecule has 2 atom stereocenters. The summed E-state index contributed by atoms with van der Waals surface area (Å²) in [6.07, 6.45) is 0.681. The molecular formula is C22H25N5O2. The van der Waals surface area contributed by atoms with Crippen molar-refractivity contribution >= 4 is 22.6 Å². The smallest absolute Gasteiger partial charge is 0.239 e. The fourth-order valence-electron chi connectivity index (χ4n) is 3.67. The summed E-state index contributed by atoms with van der Waals surface area (Å²) < 4.78 is 0. The maximum atomic E-state index is 12.2. The van der Waals surface area contributed by atoms with Gasteiger partial charge < -0.3 is 20.6 Å². The lowest BCUT2D eigenvalue weighted by molar-refractivity contribution is -0.130. The molecular weight excluding hydrogens is 366 g/mol. The van der Waals surface area contributed by atoms with Gasteiger partial charge in [-0.25, -0.2) is 9.97 Å². The SMILES string of the molecule is Cc1ccc(O)c(-c2nc(N[C@@H]3CN[C@@H](C(=O)N(C)C)C3)c3ccccc3n2)c1. The number of aromatic hydroxyl groups is 1. The zero-order valence-electron chi connectivity index (χ0n) is 16.8. The van der Waals surface area contributed by atoms with Crippen LogP contribution in [0.5, 0.6) is 5.75 Å². The molecule has 0 unspecified atom stereocenters. The second-order valence-electron chi connectivity index (χ2n) is 7.70. The number of hydrogen-bond acceptors (Lipinski definition) is 6. The van der Waals surface area contributed by atoms with E-state index in [0.29, 0.717) is 30.2 Å². The van der Waals surface area contributed by atoms with Gasteiger partial charge in [0, 0.05) is 32.1 Å². The fraction of sp³-hybridized carbons (Fsp3) is 0.318. The van der Waals surface area contributed by atoms with Crippen LogP contribution < -0.4 is 10.6 Å². The number of para-hydroxylation sites is 1. The summed E-state index contributed by atoms with van der Waals surface area (Å²) in [4.78, 5) is 23.3. The van der Waals surface area contributed by atoms with Gasteiger partial charge in [-0.05, 0) is 37.6 Å². The Balaban J connectivity index is 1.69. The predicted molar refractivity (Wildman–Crippen MR) is 114 cm³/mol. The van der Waals surface area contributed by atoms with Gasteiger partial charge in [-0.2, -0.15) is 0 Å². The molecule has 3 aromatic rings. The minimum atomic E-state index is -0.198. The van der Waals surface area contributed by atoms with Crippen LogP contribution in [-0.4, -0.2) is 58.6 Å². The summed E-state index contributed by atoms with van der Waals surface area (Å²) in [5, 5.41) is 18.0. The number of fused-ring (bicyclic) bond motifs is 1. The maximum absolute atomic E-state index is 12.2. The van der Waals surface area contributed by atoms with Crippen molar-refractivity contribution in [1.29, 1.82) is 0 Å². The zero-order chi connectivity index (χ0) is 20.5. The van der Waals surface area contributed by atoms with Crippen molar-refractivity contribution in [2.45, 2.75) is 25.4 Å². The van der Waals surface area contributed by atoms with Crippen molar-refractivity contribution < 1.29 is 9.90 Å². The second kappa shape index (κ2) is 7.67. The molecule has 1 amide bonds. The van der Waals surface area contributed by atoms with Crippen LogP contribution in [0.15, 0.2) is 42.5 Å². The van der Waals surface area contributed by atoms with Gasteiger partial charge in [0.2, 0.25) is 5.91 Å². The molecule has 0 radical (unpaired) electrons. The number of carbonyl (C=O) groups excluding carboxylic acids is 1. The average Bonchev–Trinajstić information content (AvgIpc) is 3.17. The number of likely N-dealkylation sites (N-methyl/N-ethyl adjacent to an activating group) is 1. The largest absolute Gasteiger partial charge is 0.507 e. The van der Waals surface area contributed by atoms with E-state index in [-0.39, 0.29) is 23.7 Å². The number of aromatic nitrogens is 2. The highest BCUT2D eigenvalue weighted by molar-refractivity contribution is 5.91. The van der Waals surface area contributed by atoms with E-state index in [1.807, 2.05) is 43.3 Å². The number of phenols is 1. The maximum Gasteiger partial charge on any atom is 0.239 e. The van der Waals surface area contributed by atoms with Gasteiger partial charge in [0.15, 0.2) is 5.82 Å². The number of benzene rings is 2. The number of nitrogens with zero attached hydrogens (tertiary/aromatic N) is 3. The Kier molecular flexibility index (Phi) is 5.07. The van der Waals surface area contributed by atoms with Crippen molar-refractivity contribution in [3.8, 4) is 17.1 Å². The average molecular weight is 391 g/mol. The minimum absolute atomic E-state index is 0.0705. The molecule has 29 heavy (non-hydrogen) atoms. The number of aryl methyl sites for hydroxylation is 1. The summed E-state index contributed by atoms with van der Waals surface area (Å²) in [6.45, 7) is 2.64. The lowest BCUT2D eigenvalue weighted by Gasteiger charge is -2.17. The summed E-state index contributed by atoms with van der Waals surface area (Å²) in [5.74, 6) is 1.40. The van der Waals surface area contributed by atoms with E-state index in [1.165, 1.54) is 0 Å². The van der Waals surface area contributed by atoms with E-state index < -0.39 is 0 Å². The van der Waals surface area contributed by atoms with Crippen molar-refractivity contribution in [2.24, 2.45) is 0 Å². The third kappa shape index (κ3) is 3.86. The third-order valence-corrected chi connectivity index (χ3v) is 5.21. The topological polar surface area (TPSA) is 90.4 Å². The Morgan fingerprint density at radius 2 is 2.00 bits per heavy atom. The van der Waals surface area contributed by atoms with E-state index >= 15 is 0 Å². The molecule has 150 valence electrons.